The Morgan fingerprint density at radius 1 is 1.00 bits per heavy atom. The number of hydrogen-bond donors (Lipinski definition) is 0. The third-order valence-corrected chi connectivity index (χ3v) is 7.75. The van der Waals surface area contributed by atoms with Crippen LogP contribution >= 0.6 is 0 Å². The molecule has 1 aliphatic heterocycles. The summed E-state index contributed by atoms with van der Waals surface area (Å²) in [6.45, 7) is 10.1. The van der Waals surface area contributed by atoms with Gasteiger partial charge in [-0.15, -0.1) is 0 Å². The van der Waals surface area contributed by atoms with E-state index in [9.17, 15) is 22.8 Å². The zero-order chi connectivity index (χ0) is 32.5. The fraction of sp³-hybridized carbons (Fsp3) is 0.382. The minimum atomic E-state index is -4.79. The Bertz CT molecular complexity index is 1790. The van der Waals surface area contributed by atoms with Crippen molar-refractivity contribution < 1.29 is 41.8 Å². The maximum atomic E-state index is 14.2. The summed E-state index contributed by atoms with van der Waals surface area (Å²) in [7, 11) is 0. The Balaban J connectivity index is 1.46. The molecule has 1 saturated heterocycles. The molecule has 238 valence electrons. The van der Waals surface area contributed by atoms with Crippen molar-refractivity contribution in [2.24, 2.45) is 5.16 Å². The Kier molecular flexibility index (Phi) is 9.04. The molecule has 1 fully saturated rings. The van der Waals surface area contributed by atoms with Crippen molar-refractivity contribution in [3.63, 3.8) is 0 Å². The van der Waals surface area contributed by atoms with Gasteiger partial charge >= 0.3 is 12.1 Å². The van der Waals surface area contributed by atoms with Crippen molar-refractivity contribution in [3.8, 4) is 5.75 Å². The van der Waals surface area contributed by atoms with E-state index in [1.54, 1.807) is 45.9 Å². The van der Waals surface area contributed by atoms with Gasteiger partial charge in [-0.2, -0.15) is 13.2 Å². The number of halogens is 3. The number of hydrogen-bond acceptors (Lipinski definition) is 7. The Morgan fingerprint density at radius 3 is 2.27 bits per heavy atom. The molecule has 11 heteroatoms. The molecule has 1 unspecified atom stereocenters. The van der Waals surface area contributed by atoms with Crippen LogP contribution in [0.3, 0.4) is 0 Å². The molecule has 5 rings (SSSR count). The molecule has 0 radical (unpaired) electrons. The number of carbonyl (C=O) groups excluding carboxylic acids is 2. The molecule has 0 spiro atoms. The fourth-order valence-corrected chi connectivity index (χ4v) is 5.46. The summed E-state index contributed by atoms with van der Waals surface area (Å²) >= 11 is 0. The number of carbonyl (C=O) groups is 2. The van der Waals surface area contributed by atoms with Gasteiger partial charge in [0.15, 0.2) is 11.6 Å². The third kappa shape index (κ3) is 6.89. The largest absolute Gasteiger partial charge is 0.493 e. The maximum absolute atomic E-state index is 14.2. The smallest absolute Gasteiger partial charge is 0.417 e. The first-order valence-electron chi connectivity index (χ1n) is 14.8. The lowest BCUT2D eigenvalue weighted by atomic mass is 9.96. The number of benzene rings is 3. The first-order chi connectivity index (χ1) is 21.3. The monoisotopic (exact) mass is 624 g/mol. The number of fused-ring (bicyclic) bond motifs is 3. The summed E-state index contributed by atoms with van der Waals surface area (Å²) in [6, 6.07) is 13.9. The van der Waals surface area contributed by atoms with Gasteiger partial charge in [0.25, 0.3) is 0 Å². The van der Waals surface area contributed by atoms with Crippen LogP contribution in [0.25, 0.3) is 21.8 Å². The number of rotatable bonds is 10. The lowest BCUT2D eigenvalue weighted by Gasteiger charge is -2.17. The van der Waals surface area contributed by atoms with Gasteiger partial charge in [-0.3, -0.25) is 4.79 Å². The summed E-state index contributed by atoms with van der Waals surface area (Å²) in [5.74, 6) is -1.91. The predicted octanol–water partition coefficient (Wildman–Crippen LogP) is 7.66. The average Bonchev–Trinajstić information content (AvgIpc) is 3.53. The van der Waals surface area contributed by atoms with Crippen molar-refractivity contribution >= 4 is 39.3 Å². The van der Waals surface area contributed by atoms with Gasteiger partial charge in [0.1, 0.15) is 5.75 Å². The molecule has 1 atom stereocenters. The van der Waals surface area contributed by atoms with Crippen LogP contribution in [0.4, 0.5) is 13.2 Å². The first kappa shape index (κ1) is 32.2. The van der Waals surface area contributed by atoms with Crippen LogP contribution < -0.4 is 4.74 Å². The van der Waals surface area contributed by atoms with E-state index in [-0.39, 0.29) is 30.4 Å². The van der Waals surface area contributed by atoms with Gasteiger partial charge in [-0.25, -0.2) is 4.79 Å². The van der Waals surface area contributed by atoms with Crippen LogP contribution in [-0.4, -0.2) is 47.1 Å². The van der Waals surface area contributed by atoms with E-state index in [0.717, 1.165) is 28.6 Å². The van der Waals surface area contributed by atoms with Crippen molar-refractivity contribution in [2.45, 2.75) is 72.1 Å². The van der Waals surface area contributed by atoms with E-state index in [2.05, 4.69) is 9.72 Å². The highest BCUT2D eigenvalue weighted by Gasteiger charge is 2.36. The fourth-order valence-electron chi connectivity index (χ4n) is 5.46. The van der Waals surface area contributed by atoms with Crippen LogP contribution in [0.1, 0.15) is 74.5 Å². The molecular weight excluding hydrogens is 589 g/mol. The lowest BCUT2D eigenvalue weighted by Crippen LogP contribution is -2.22. The van der Waals surface area contributed by atoms with Crippen LogP contribution in [0.5, 0.6) is 5.75 Å². The summed E-state index contributed by atoms with van der Waals surface area (Å²) in [5.41, 5.74) is 1.47. The van der Waals surface area contributed by atoms with Crippen molar-refractivity contribution in [3.05, 3.63) is 76.9 Å². The molecule has 45 heavy (non-hydrogen) atoms. The highest BCUT2D eigenvalue weighted by Crippen LogP contribution is 2.37. The topological polar surface area (TPSA) is 88.3 Å². The minimum absolute atomic E-state index is 0.00713. The molecule has 4 aromatic rings. The van der Waals surface area contributed by atoms with E-state index >= 15 is 0 Å². The van der Waals surface area contributed by atoms with Gasteiger partial charge in [0.05, 0.1) is 30.6 Å². The summed E-state index contributed by atoms with van der Waals surface area (Å²) < 4.78 is 61.6. The van der Waals surface area contributed by atoms with Gasteiger partial charge in [-0.05, 0) is 81.8 Å². The average molecular weight is 625 g/mol. The molecule has 0 aliphatic carbocycles. The number of alkyl halides is 3. The Morgan fingerprint density at radius 2 is 1.67 bits per heavy atom. The molecule has 8 nitrogen and oxygen atoms in total. The zero-order valence-corrected chi connectivity index (χ0v) is 25.8. The maximum Gasteiger partial charge on any atom is 0.417 e. The Hall–Kier alpha value is -4.22. The number of aromatic nitrogens is 1. The number of oxime groups is 1. The second-order valence-electron chi connectivity index (χ2n) is 11.3. The van der Waals surface area contributed by atoms with Crippen molar-refractivity contribution in [1.29, 1.82) is 0 Å². The lowest BCUT2D eigenvalue weighted by molar-refractivity contribution is -0.143. The first-order valence-corrected chi connectivity index (χ1v) is 14.8. The molecular formula is C34H35F3N2O6. The van der Waals surface area contributed by atoms with Crippen LogP contribution in [-0.2, 0) is 31.8 Å². The normalized spacial score (nSPS) is 16.8. The van der Waals surface area contributed by atoms with Crippen LogP contribution in [0.15, 0.2) is 59.8 Å². The third-order valence-electron chi connectivity index (χ3n) is 7.75. The predicted molar refractivity (Wildman–Crippen MR) is 164 cm³/mol. The van der Waals surface area contributed by atoms with E-state index in [4.69, 9.17) is 19.0 Å². The zero-order valence-electron chi connectivity index (χ0n) is 25.8. The van der Waals surface area contributed by atoms with E-state index < -0.39 is 34.8 Å². The number of ketones is 1. The molecule has 3 aromatic carbocycles. The summed E-state index contributed by atoms with van der Waals surface area (Å²) in [4.78, 5) is 30.1. The molecule has 0 saturated carbocycles. The van der Waals surface area contributed by atoms with Gasteiger partial charge < -0.3 is 23.6 Å². The highest BCUT2D eigenvalue weighted by atomic mass is 19.4. The van der Waals surface area contributed by atoms with E-state index in [1.165, 1.54) is 6.07 Å². The number of aryl methyl sites for hydroxylation is 1. The summed E-state index contributed by atoms with van der Waals surface area (Å²) in [5, 5.41) is 5.41. The van der Waals surface area contributed by atoms with Crippen molar-refractivity contribution in [1.82, 2.24) is 4.57 Å². The van der Waals surface area contributed by atoms with Crippen molar-refractivity contribution in [2.75, 3.05) is 13.2 Å². The molecule has 0 bridgehead atoms. The standard InChI is InChI=1S/C34H35F3N2O6/c1-6-31(40)45-38-20(3)21-8-12-29-26(16-21)27-17-22(9-13-30(27)39(29)7-2)32(41)25-11-10-23(18-28(25)34(35,36)37)42-15-14-24-19-43-33(4,5)44-24/h8-13,16-18,24H,6-7,14-15,19H2,1-5H3. The second-order valence-corrected chi connectivity index (χ2v) is 11.3. The molecule has 1 aliphatic rings. The quantitative estimate of drug-likeness (QED) is 0.0779. The van der Waals surface area contributed by atoms with E-state index in [1.807, 2.05) is 25.1 Å². The van der Waals surface area contributed by atoms with Crippen LogP contribution in [0, 0.1) is 0 Å². The molecule has 1 aromatic heterocycles. The SMILES string of the molecule is CCC(=O)ON=C(C)c1ccc2c(c1)c1cc(C(=O)c3ccc(OCCC4COC(C)(C)O4)cc3C(F)(F)F)ccc1n2CC. The van der Waals surface area contributed by atoms with Gasteiger partial charge in [-0.1, -0.05) is 18.1 Å². The molecule has 2 heterocycles. The number of nitrogens with zero attached hydrogens (tertiary/aromatic N) is 2. The molecule has 0 N–H and O–H groups in total. The highest BCUT2D eigenvalue weighted by molar-refractivity contribution is 6.16. The van der Waals surface area contributed by atoms with Gasteiger partial charge in [0.2, 0.25) is 0 Å². The van der Waals surface area contributed by atoms with E-state index in [0.29, 0.717) is 36.2 Å². The van der Waals surface area contributed by atoms with Gasteiger partial charge in [0, 0.05) is 52.3 Å². The Labute approximate surface area is 258 Å². The molecule has 0 amide bonds. The number of ether oxygens (including phenoxy) is 3. The summed E-state index contributed by atoms with van der Waals surface area (Å²) in [6.07, 6.45) is -4.38. The van der Waals surface area contributed by atoms with Crippen LogP contribution in [0.2, 0.25) is 0 Å². The second kappa shape index (κ2) is 12.6. The minimum Gasteiger partial charge on any atom is -0.493 e.